The molecule has 0 fully saturated rings. The van der Waals surface area contributed by atoms with Gasteiger partial charge in [-0.05, 0) is 39.4 Å². The molecule has 0 saturated heterocycles. The predicted molar refractivity (Wildman–Crippen MR) is 81.8 cm³/mol. The Kier molecular flexibility index (Phi) is 4.82. The summed E-state index contributed by atoms with van der Waals surface area (Å²) in [5, 5.41) is 3.03. The van der Waals surface area contributed by atoms with Gasteiger partial charge in [0, 0.05) is 11.4 Å². The first-order valence-electron chi connectivity index (χ1n) is 6.52. The molecule has 2 rings (SSSR count). The monoisotopic (exact) mass is 329 g/mol. The second-order valence-corrected chi connectivity index (χ2v) is 7.93. The van der Waals surface area contributed by atoms with Crippen LogP contribution in [0.2, 0.25) is 0 Å². The molecule has 0 aliphatic carbocycles. The Balaban J connectivity index is 2.20. The van der Waals surface area contributed by atoms with E-state index in [4.69, 9.17) is 4.42 Å². The highest BCUT2D eigenvalue weighted by Crippen LogP contribution is 2.27. The second-order valence-electron chi connectivity index (χ2n) is 4.85. The third-order valence-corrected chi connectivity index (χ3v) is 6.19. The molecule has 0 amide bonds. The molecule has 116 valence electrons. The number of nitrogens with zero attached hydrogens (tertiary/aromatic N) is 1. The van der Waals surface area contributed by atoms with E-state index in [0.717, 1.165) is 10.4 Å². The van der Waals surface area contributed by atoms with Gasteiger partial charge < -0.3 is 9.73 Å². The van der Waals surface area contributed by atoms with Crippen LogP contribution in [0.5, 0.6) is 0 Å². The number of hydrogen-bond donors (Lipinski definition) is 2. The third kappa shape index (κ3) is 3.70. The number of aromatic nitrogens is 1. The summed E-state index contributed by atoms with van der Waals surface area (Å²) < 4.78 is 33.1. The minimum absolute atomic E-state index is 0.306. The molecule has 2 aromatic heterocycles. The van der Waals surface area contributed by atoms with Gasteiger partial charge in [-0.1, -0.05) is 0 Å². The Bertz CT molecular complexity index is 719. The average molecular weight is 329 g/mol. The molecular formula is C13H19N3O3S2. The molecule has 21 heavy (non-hydrogen) atoms. The zero-order valence-electron chi connectivity index (χ0n) is 12.4. The van der Waals surface area contributed by atoms with Gasteiger partial charge in [0.15, 0.2) is 0 Å². The Hall–Kier alpha value is -1.22. The van der Waals surface area contributed by atoms with Gasteiger partial charge >= 0.3 is 0 Å². The Labute approximate surface area is 128 Å². The summed E-state index contributed by atoms with van der Waals surface area (Å²) in [6.07, 6.45) is 1.57. The van der Waals surface area contributed by atoms with E-state index in [0.29, 0.717) is 22.4 Å². The predicted octanol–water partition coefficient (Wildman–Crippen LogP) is 2.11. The largest absolute Gasteiger partial charge is 0.444 e. The Morgan fingerprint density at radius 2 is 2.14 bits per heavy atom. The number of nitrogens with one attached hydrogen (secondary N) is 2. The lowest BCUT2D eigenvalue weighted by molar-refractivity contribution is 0.428. The van der Waals surface area contributed by atoms with Crippen LogP contribution in [0.1, 0.15) is 35.1 Å². The summed E-state index contributed by atoms with van der Waals surface area (Å²) in [4.78, 5) is 5.06. The highest BCUT2D eigenvalue weighted by Gasteiger charge is 2.23. The summed E-state index contributed by atoms with van der Waals surface area (Å²) in [6, 6.07) is 1.17. The Morgan fingerprint density at radius 3 is 2.71 bits per heavy atom. The van der Waals surface area contributed by atoms with E-state index in [1.165, 1.54) is 11.3 Å². The van der Waals surface area contributed by atoms with Crippen LogP contribution < -0.4 is 10.0 Å². The Morgan fingerprint density at radius 1 is 1.43 bits per heavy atom. The molecule has 0 aromatic carbocycles. The maximum Gasteiger partial charge on any atom is 0.250 e. The molecule has 0 aliphatic heterocycles. The van der Waals surface area contributed by atoms with Crippen LogP contribution in [0.25, 0.3) is 0 Å². The van der Waals surface area contributed by atoms with Gasteiger partial charge in [-0.15, -0.1) is 11.3 Å². The first kappa shape index (κ1) is 16.2. The first-order chi connectivity index (χ1) is 9.83. The van der Waals surface area contributed by atoms with Gasteiger partial charge in [0.2, 0.25) is 5.89 Å². The van der Waals surface area contributed by atoms with E-state index in [1.807, 2.05) is 14.0 Å². The van der Waals surface area contributed by atoms with Crippen molar-refractivity contribution >= 4 is 21.4 Å². The maximum absolute atomic E-state index is 12.4. The van der Waals surface area contributed by atoms with E-state index < -0.39 is 16.1 Å². The van der Waals surface area contributed by atoms with Crippen molar-refractivity contribution in [2.24, 2.45) is 0 Å². The molecule has 2 aromatic rings. The van der Waals surface area contributed by atoms with Crippen molar-refractivity contribution in [2.75, 3.05) is 7.05 Å². The van der Waals surface area contributed by atoms with E-state index >= 15 is 0 Å². The van der Waals surface area contributed by atoms with Gasteiger partial charge in [-0.2, -0.15) is 4.72 Å². The van der Waals surface area contributed by atoms with Crippen LogP contribution in [0.15, 0.2) is 20.9 Å². The molecule has 1 atom stereocenters. The molecule has 0 saturated carbocycles. The molecule has 6 nitrogen and oxygen atoms in total. The molecule has 2 heterocycles. The van der Waals surface area contributed by atoms with Crippen LogP contribution in [0.3, 0.4) is 0 Å². The van der Waals surface area contributed by atoms with Crippen molar-refractivity contribution in [3.63, 3.8) is 0 Å². The van der Waals surface area contributed by atoms with Gasteiger partial charge in [0.05, 0.1) is 12.2 Å². The molecular weight excluding hydrogens is 310 g/mol. The number of oxazole rings is 1. The number of sulfonamides is 1. The standard InChI is InChI=1S/C13H19N3O3S2/c1-8-5-12(20-11(8)7-14-4)21(17,18)16-10(3)13-15-6-9(2)19-13/h5-6,10,14,16H,7H2,1-4H3. The molecule has 0 bridgehead atoms. The minimum Gasteiger partial charge on any atom is -0.444 e. The van der Waals surface area contributed by atoms with Crippen molar-refractivity contribution in [1.29, 1.82) is 0 Å². The van der Waals surface area contributed by atoms with E-state index in [-0.39, 0.29) is 0 Å². The summed E-state index contributed by atoms with van der Waals surface area (Å²) >= 11 is 1.27. The lowest BCUT2D eigenvalue weighted by atomic mass is 10.3. The van der Waals surface area contributed by atoms with Crippen LogP contribution >= 0.6 is 11.3 Å². The number of aryl methyl sites for hydroxylation is 2. The van der Waals surface area contributed by atoms with Crippen LogP contribution in [0.4, 0.5) is 0 Å². The SMILES string of the molecule is CNCc1sc(S(=O)(=O)NC(C)c2ncc(C)o2)cc1C. The lowest BCUT2D eigenvalue weighted by Crippen LogP contribution is -2.26. The molecule has 8 heteroatoms. The van der Waals surface area contributed by atoms with Crippen LogP contribution in [0, 0.1) is 13.8 Å². The quantitative estimate of drug-likeness (QED) is 0.848. The highest BCUT2D eigenvalue weighted by atomic mass is 32.2. The van der Waals surface area contributed by atoms with Crippen LogP contribution in [-0.2, 0) is 16.6 Å². The topological polar surface area (TPSA) is 84.2 Å². The first-order valence-corrected chi connectivity index (χ1v) is 8.82. The van der Waals surface area contributed by atoms with E-state index in [9.17, 15) is 8.42 Å². The summed E-state index contributed by atoms with van der Waals surface area (Å²) in [7, 11) is -1.75. The van der Waals surface area contributed by atoms with Crippen molar-refractivity contribution < 1.29 is 12.8 Å². The summed E-state index contributed by atoms with van der Waals surface area (Å²) in [5.74, 6) is 1.01. The second kappa shape index (κ2) is 6.27. The van der Waals surface area contributed by atoms with Gasteiger partial charge in [-0.3, -0.25) is 0 Å². The zero-order chi connectivity index (χ0) is 15.6. The highest BCUT2D eigenvalue weighted by molar-refractivity contribution is 7.91. The third-order valence-electron chi connectivity index (χ3n) is 2.94. The normalized spacial score (nSPS) is 13.5. The maximum atomic E-state index is 12.4. The van der Waals surface area contributed by atoms with Gasteiger partial charge in [-0.25, -0.2) is 13.4 Å². The fraction of sp³-hybridized carbons (Fsp3) is 0.462. The van der Waals surface area contributed by atoms with Gasteiger partial charge in [0.1, 0.15) is 9.97 Å². The molecule has 0 aliphatic rings. The molecule has 0 spiro atoms. The number of thiophene rings is 1. The molecule has 1 unspecified atom stereocenters. The average Bonchev–Trinajstić information content (AvgIpc) is 2.97. The minimum atomic E-state index is -3.58. The van der Waals surface area contributed by atoms with Crippen molar-refractivity contribution in [1.82, 2.24) is 15.0 Å². The fourth-order valence-electron chi connectivity index (χ4n) is 1.87. The van der Waals surface area contributed by atoms with Crippen molar-refractivity contribution in [3.8, 4) is 0 Å². The number of hydrogen-bond acceptors (Lipinski definition) is 6. The molecule has 2 N–H and O–H groups in total. The summed E-state index contributed by atoms with van der Waals surface area (Å²) in [6.45, 7) is 6.03. The zero-order valence-corrected chi connectivity index (χ0v) is 14.1. The smallest absolute Gasteiger partial charge is 0.250 e. The molecule has 0 radical (unpaired) electrons. The van der Waals surface area contributed by atoms with Crippen molar-refractivity contribution in [3.05, 3.63) is 34.4 Å². The fourth-order valence-corrected chi connectivity index (χ4v) is 4.68. The lowest BCUT2D eigenvalue weighted by Gasteiger charge is -2.09. The van der Waals surface area contributed by atoms with Crippen molar-refractivity contribution in [2.45, 2.75) is 37.6 Å². The van der Waals surface area contributed by atoms with Gasteiger partial charge in [0.25, 0.3) is 10.0 Å². The number of rotatable bonds is 6. The van der Waals surface area contributed by atoms with E-state index in [2.05, 4.69) is 15.0 Å². The van der Waals surface area contributed by atoms with Crippen LogP contribution in [-0.4, -0.2) is 20.4 Å². The van der Waals surface area contributed by atoms with E-state index in [1.54, 1.807) is 26.1 Å². The summed E-state index contributed by atoms with van der Waals surface area (Å²) in [5.41, 5.74) is 0.967.